The van der Waals surface area contributed by atoms with Crippen molar-refractivity contribution in [3.8, 4) is 0 Å². The molecule has 1 amide bonds. The number of ether oxygens (including phenoxy) is 1. The van der Waals surface area contributed by atoms with E-state index < -0.39 is 17.8 Å². The van der Waals surface area contributed by atoms with Crippen LogP contribution < -0.4 is 10.2 Å². The Morgan fingerprint density at radius 3 is 2.95 bits per heavy atom. The van der Waals surface area contributed by atoms with Crippen molar-refractivity contribution >= 4 is 17.3 Å². The molecule has 2 aliphatic heterocycles. The van der Waals surface area contributed by atoms with Crippen molar-refractivity contribution in [1.82, 2.24) is 0 Å². The lowest BCUT2D eigenvalue weighted by atomic mass is 10.0. The lowest BCUT2D eigenvalue weighted by Crippen LogP contribution is -2.48. The maximum Gasteiger partial charge on any atom is 0.257 e. The van der Waals surface area contributed by atoms with E-state index in [1.807, 2.05) is 18.7 Å². The summed E-state index contributed by atoms with van der Waals surface area (Å²) in [5.74, 6) is -0.948. The summed E-state index contributed by atoms with van der Waals surface area (Å²) in [5.41, 5.74) is 0.855. The van der Waals surface area contributed by atoms with Gasteiger partial charge in [0.25, 0.3) is 5.91 Å². The predicted molar refractivity (Wildman–Crippen MR) is 72.2 cm³/mol. The minimum atomic E-state index is -1.28. The number of rotatable bonds is 1. The minimum Gasteiger partial charge on any atom is -0.378 e. The molecule has 0 saturated carbocycles. The first-order chi connectivity index (χ1) is 9.37. The van der Waals surface area contributed by atoms with Gasteiger partial charge in [0.15, 0.2) is 6.10 Å². The van der Waals surface area contributed by atoms with Gasteiger partial charge in [0, 0.05) is 24.3 Å². The Labute approximate surface area is 116 Å². The van der Waals surface area contributed by atoms with Crippen LogP contribution in [-0.4, -0.2) is 36.3 Å². The van der Waals surface area contributed by atoms with Crippen molar-refractivity contribution in [2.45, 2.75) is 25.6 Å². The van der Waals surface area contributed by atoms with E-state index in [1.54, 1.807) is 6.07 Å². The maximum absolute atomic E-state index is 14.2. The highest BCUT2D eigenvalue weighted by Gasteiger charge is 2.33. The van der Waals surface area contributed by atoms with Gasteiger partial charge in [0.1, 0.15) is 5.82 Å². The number of nitrogens with zero attached hydrogens (tertiary/aromatic N) is 1. The molecule has 0 radical (unpaired) electrons. The second-order valence-corrected chi connectivity index (χ2v) is 5.81. The average Bonchev–Trinajstić information content (AvgIpc) is 2.63. The van der Waals surface area contributed by atoms with Crippen molar-refractivity contribution in [3.05, 3.63) is 23.5 Å². The molecule has 5 nitrogen and oxygen atoms in total. The van der Waals surface area contributed by atoms with E-state index in [1.165, 1.54) is 6.07 Å². The number of amides is 1. The summed E-state index contributed by atoms with van der Waals surface area (Å²) in [7, 11) is 0. The van der Waals surface area contributed by atoms with Crippen molar-refractivity contribution in [1.29, 1.82) is 0 Å². The predicted octanol–water partition coefficient (Wildman–Crippen LogP) is 1.43. The Kier molecular flexibility index (Phi) is 2.95. The van der Waals surface area contributed by atoms with Crippen LogP contribution in [0, 0.1) is 5.82 Å². The van der Waals surface area contributed by atoms with E-state index in [9.17, 15) is 14.3 Å². The fourth-order valence-electron chi connectivity index (χ4n) is 2.72. The molecule has 0 bridgehead atoms. The molecule has 3 rings (SSSR count). The number of benzene rings is 1. The van der Waals surface area contributed by atoms with Gasteiger partial charge in [-0.25, -0.2) is 4.39 Å². The number of nitrogens with one attached hydrogen (secondary N) is 1. The van der Waals surface area contributed by atoms with Crippen molar-refractivity contribution < 1.29 is 19.0 Å². The number of fused-ring (bicyclic) bond motifs is 1. The number of hydrogen-bond donors (Lipinski definition) is 2. The first kappa shape index (κ1) is 13.3. The lowest BCUT2D eigenvalue weighted by Gasteiger charge is -2.39. The van der Waals surface area contributed by atoms with Crippen LogP contribution in [0.2, 0.25) is 0 Å². The minimum absolute atomic E-state index is 0.295. The first-order valence-corrected chi connectivity index (χ1v) is 6.59. The zero-order chi connectivity index (χ0) is 14.5. The number of carbonyl (C=O) groups excluding carboxylic acids is 1. The molecule has 0 spiro atoms. The Morgan fingerprint density at radius 1 is 1.50 bits per heavy atom. The lowest BCUT2D eigenvalue weighted by molar-refractivity contribution is -0.123. The number of aliphatic hydroxyl groups is 1. The third-order valence-electron chi connectivity index (χ3n) is 3.69. The van der Waals surface area contributed by atoms with Crippen molar-refractivity contribution in [2.24, 2.45) is 0 Å². The van der Waals surface area contributed by atoms with Crippen LogP contribution in [0.1, 0.15) is 25.5 Å². The quantitative estimate of drug-likeness (QED) is 0.817. The number of hydrogen-bond acceptors (Lipinski definition) is 4. The van der Waals surface area contributed by atoms with E-state index in [-0.39, 0.29) is 5.60 Å². The maximum atomic E-state index is 14.2. The standard InChI is InChI=1S/C14H17FN2O3/c1-14(2)7-17(3-4-20-14)11-6-10-8(5-9(11)15)12(18)13(19)16-10/h5-6,12,18H,3-4,7H2,1-2H3,(H,16,19). The summed E-state index contributed by atoms with van der Waals surface area (Å²) in [6.07, 6.45) is -1.28. The SMILES string of the molecule is CC1(C)CN(c2cc3c(cc2F)C(O)C(=O)N3)CCO1. The molecule has 20 heavy (non-hydrogen) atoms. The largest absolute Gasteiger partial charge is 0.378 e. The van der Waals surface area contributed by atoms with Crippen LogP contribution in [-0.2, 0) is 9.53 Å². The molecule has 1 fully saturated rings. The zero-order valence-electron chi connectivity index (χ0n) is 11.4. The number of morpholine rings is 1. The van der Waals surface area contributed by atoms with Gasteiger partial charge >= 0.3 is 0 Å². The second-order valence-electron chi connectivity index (χ2n) is 5.81. The van der Waals surface area contributed by atoms with Crippen molar-refractivity contribution in [3.63, 3.8) is 0 Å². The highest BCUT2D eigenvalue weighted by Crippen LogP contribution is 2.36. The van der Waals surface area contributed by atoms with Crippen molar-refractivity contribution in [2.75, 3.05) is 29.9 Å². The smallest absolute Gasteiger partial charge is 0.257 e. The number of aliphatic hydroxyl groups excluding tert-OH is 1. The summed E-state index contributed by atoms with van der Waals surface area (Å²) >= 11 is 0. The molecule has 1 aromatic rings. The molecular formula is C14H17FN2O3. The topological polar surface area (TPSA) is 61.8 Å². The summed E-state index contributed by atoms with van der Waals surface area (Å²) in [5, 5.41) is 12.2. The van der Waals surface area contributed by atoms with E-state index in [0.717, 1.165) is 0 Å². The third kappa shape index (κ3) is 2.14. The van der Waals surface area contributed by atoms with Gasteiger partial charge in [0.05, 0.1) is 17.9 Å². The number of carbonyl (C=O) groups is 1. The third-order valence-corrected chi connectivity index (χ3v) is 3.69. The summed E-state index contributed by atoms with van der Waals surface area (Å²) in [6, 6.07) is 2.82. The molecule has 1 atom stereocenters. The molecule has 0 aromatic heterocycles. The summed E-state index contributed by atoms with van der Waals surface area (Å²) < 4.78 is 19.9. The fourth-order valence-corrected chi connectivity index (χ4v) is 2.72. The molecule has 2 heterocycles. The first-order valence-electron chi connectivity index (χ1n) is 6.59. The van der Waals surface area contributed by atoms with Gasteiger partial charge in [-0.3, -0.25) is 4.79 Å². The Hall–Kier alpha value is -1.66. The van der Waals surface area contributed by atoms with E-state index in [2.05, 4.69) is 5.32 Å². The number of anilines is 2. The number of halogens is 1. The van der Waals surface area contributed by atoms with Gasteiger partial charge in [-0.05, 0) is 26.0 Å². The van der Waals surface area contributed by atoms with Gasteiger partial charge in [0.2, 0.25) is 0 Å². The van der Waals surface area contributed by atoms with Crippen LogP contribution in [0.15, 0.2) is 12.1 Å². The second kappa shape index (κ2) is 4.43. The van der Waals surface area contributed by atoms with Gasteiger partial charge < -0.3 is 20.1 Å². The molecule has 1 aromatic carbocycles. The molecule has 6 heteroatoms. The molecule has 2 N–H and O–H groups in total. The zero-order valence-corrected chi connectivity index (χ0v) is 11.4. The Bertz CT molecular complexity index is 574. The van der Waals surface area contributed by atoms with Crippen LogP contribution in [0.5, 0.6) is 0 Å². The van der Waals surface area contributed by atoms with Gasteiger partial charge in [-0.15, -0.1) is 0 Å². The van der Waals surface area contributed by atoms with E-state index in [0.29, 0.717) is 36.6 Å². The molecule has 108 valence electrons. The Morgan fingerprint density at radius 2 is 2.25 bits per heavy atom. The highest BCUT2D eigenvalue weighted by atomic mass is 19.1. The Balaban J connectivity index is 1.96. The van der Waals surface area contributed by atoms with E-state index >= 15 is 0 Å². The highest BCUT2D eigenvalue weighted by molar-refractivity contribution is 6.02. The molecule has 0 aliphatic carbocycles. The summed E-state index contributed by atoms with van der Waals surface area (Å²) in [4.78, 5) is 13.3. The molecular weight excluding hydrogens is 263 g/mol. The van der Waals surface area contributed by atoms with Crippen LogP contribution in [0.3, 0.4) is 0 Å². The molecule has 1 saturated heterocycles. The van der Waals surface area contributed by atoms with E-state index in [4.69, 9.17) is 4.74 Å². The fraction of sp³-hybridized carbons (Fsp3) is 0.500. The molecule has 1 unspecified atom stereocenters. The molecule has 2 aliphatic rings. The normalized spacial score (nSPS) is 24.5. The van der Waals surface area contributed by atoms with Gasteiger partial charge in [-0.1, -0.05) is 0 Å². The average molecular weight is 280 g/mol. The van der Waals surface area contributed by atoms with Crippen LogP contribution in [0.25, 0.3) is 0 Å². The summed E-state index contributed by atoms with van der Waals surface area (Å²) in [6.45, 7) is 5.60. The monoisotopic (exact) mass is 280 g/mol. The van der Waals surface area contributed by atoms with Crippen LogP contribution >= 0.6 is 0 Å². The van der Waals surface area contributed by atoms with Crippen LogP contribution in [0.4, 0.5) is 15.8 Å². The van der Waals surface area contributed by atoms with Gasteiger partial charge in [-0.2, -0.15) is 0 Å².